The Morgan fingerprint density at radius 3 is 1.77 bits per heavy atom. The second-order valence-corrected chi connectivity index (χ2v) is 13.7. The van der Waals surface area contributed by atoms with Gasteiger partial charge in [-0.25, -0.2) is 0 Å². The molecule has 0 amide bonds. The SMILES string of the molecule is c1ccc(-c2ccc(-c3ccc(N(c4ccc5ccc6ccccc6c5c4)c4cccc5c4oc4ccccc45)c4c3oc3ccccc34)cc2)cc1. The smallest absolute Gasteiger partial charge is 0.159 e. The second-order valence-electron chi connectivity index (χ2n) is 13.7. The Bertz CT molecular complexity index is 3170. The van der Waals surface area contributed by atoms with Gasteiger partial charge in [-0.3, -0.25) is 0 Å². The van der Waals surface area contributed by atoms with Crippen LogP contribution in [-0.2, 0) is 0 Å². The molecule has 11 rings (SSSR count). The van der Waals surface area contributed by atoms with Crippen LogP contribution in [0.1, 0.15) is 0 Å². The summed E-state index contributed by atoms with van der Waals surface area (Å²) in [6.07, 6.45) is 0. The predicted molar refractivity (Wildman–Crippen MR) is 222 cm³/mol. The van der Waals surface area contributed by atoms with Crippen LogP contribution in [0.2, 0.25) is 0 Å². The summed E-state index contributed by atoms with van der Waals surface area (Å²) in [4.78, 5) is 2.36. The van der Waals surface area contributed by atoms with Crippen LogP contribution in [0.15, 0.2) is 197 Å². The summed E-state index contributed by atoms with van der Waals surface area (Å²) in [5, 5.41) is 9.13. The molecule has 0 saturated carbocycles. The molecule has 0 aliphatic heterocycles. The number of hydrogen-bond donors (Lipinski definition) is 0. The van der Waals surface area contributed by atoms with Crippen molar-refractivity contribution in [3.8, 4) is 22.3 Å². The molecule has 0 atom stereocenters. The van der Waals surface area contributed by atoms with E-state index in [9.17, 15) is 0 Å². The Morgan fingerprint density at radius 2 is 0.943 bits per heavy atom. The molecule has 11 aromatic rings. The van der Waals surface area contributed by atoms with Crippen molar-refractivity contribution in [2.24, 2.45) is 0 Å². The molecule has 0 aliphatic carbocycles. The van der Waals surface area contributed by atoms with Crippen LogP contribution in [0.4, 0.5) is 17.1 Å². The molecule has 3 nitrogen and oxygen atoms in total. The van der Waals surface area contributed by atoms with E-state index in [1.807, 2.05) is 18.2 Å². The molecule has 0 bridgehead atoms. The Kier molecular flexibility index (Phi) is 6.55. The fraction of sp³-hybridized carbons (Fsp3) is 0. The van der Waals surface area contributed by atoms with Crippen molar-refractivity contribution in [3.63, 3.8) is 0 Å². The number of rotatable bonds is 5. The molecular formula is C50H31NO2. The number of anilines is 3. The average molecular weight is 678 g/mol. The van der Waals surface area contributed by atoms with Crippen molar-refractivity contribution in [2.45, 2.75) is 0 Å². The lowest BCUT2D eigenvalue weighted by Crippen LogP contribution is -2.11. The van der Waals surface area contributed by atoms with E-state index in [1.165, 1.54) is 32.7 Å². The van der Waals surface area contributed by atoms with Gasteiger partial charge < -0.3 is 13.7 Å². The van der Waals surface area contributed by atoms with Gasteiger partial charge in [0.15, 0.2) is 5.58 Å². The molecule has 53 heavy (non-hydrogen) atoms. The predicted octanol–water partition coefficient (Wildman–Crippen LogP) is 14.6. The molecular weight excluding hydrogens is 647 g/mol. The lowest BCUT2D eigenvalue weighted by atomic mass is 9.97. The highest BCUT2D eigenvalue weighted by Gasteiger charge is 2.25. The number of furan rings is 2. The zero-order valence-electron chi connectivity index (χ0n) is 28.7. The van der Waals surface area contributed by atoms with E-state index in [4.69, 9.17) is 8.83 Å². The van der Waals surface area contributed by atoms with Gasteiger partial charge >= 0.3 is 0 Å². The van der Waals surface area contributed by atoms with Crippen molar-refractivity contribution in [1.82, 2.24) is 0 Å². The molecule has 0 radical (unpaired) electrons. The maximum Gasteiger partial charge on any atom is 0.159 e. The third-order valence-electron chi connectivity index (χ3n) is 10.7. The van der Waals surface area contributed by atoms with Crippen molar-refractivity contribution in [2.75, 3.05) is 4.90 Å². The lowest BCUT2D eigenvalue weighted by Gasteiger charge is -2.27. The van der Waals surface area contributed by atoms with E-state index in [0.29, 0.717) is 0 Å². The van der Waals surface area contributed by atoms with Gasteiger partial charge in [0.05, 0.1) is 16.8 Å². The van der Waals surface area contributed by atoms with E-state index < -0.39 is 0 Å². The summed E-state index contributed by atoms with van der Waals surface area (Å²) < 4.78 is 13.6. The summed E-state index contributed by atoms with van der Waals surface area (Å²) in [6.45, 7) is 0. The van der Waals surface area contributed by atoms with Crippen LogP contribution in [0.5, 0.6) is 0 Å². The van der Waals surface area contributed by atoms with Gasteiger partial charge in [-0.15, -0.1) is 0 Å². The normalized spacial score (nSPS) is 11.8. The largest absolute Gasteiger partial charge is 0.455 e. The number of fused-ring (bicyclic) bond motifs is 9. The number of para-hydroxylation sites is 3. The Morgan fingerprint density at radius 1 is 0.340 bits per heavy atom. The van der Waals surface area contributed by atoms with E-state index in [-0.39, 0.29) is 0 Å². The van der Waals surface area contributed by atoms with Gasteiger partial charge in [-0.1, -0.05) is 146 Å². The van der Waals surface area contributed by atoms with E-state index >= 15 is 0 Å². The number of hydrogen-bond acceptors (Lipinski definition) is 3. The van der Waals surface area contributed by atoms with Crippen LogP contribution >= 0.6 is 0 Å². The van der Waals surface area contributed by atoms with Crippen LogP contribution < -0.4 is 4.90 Å². The van der Waals surface area contributed by atoms with Gasteiger partial charge in [0.2, 0.25) is 0 Å². The zero-order valence-corrected chi connectivity index (χ0v) is 28.7. The van der Waals surface area contributed by atoms with E-state index in [2.05, 4.69) is 175 Å². The highest BCUT2D eigenvalue weighted by molar-refractivity contribution is 6.19. The van der Waals surface area contributed by atoms with Gasteiger partial charge in [0, 0.05) is 27.4 Å². The molecule has 248 valence electrons. The molecule has 0 aliphatic rings. The maximum atomic E-state index is 6.83. The minimum atomic E-state index is 0.841. The van der Waals surface area contributed by atoms with Crippen LogP contribution in [0, 0.1) is 0 Å². The average Bonchev–Trinajstić information content (AvgIpc) is 3.81. The monoisotopic (exact) mass is 677 g/mol. The molecule has 9 aromatic carbocycles. The molecule has 2 aromatic heterocycles. The van der Waals surface area contributed by atoms with Crippen molar-refractivity contribution < 1.29 is 8.83 Å². The van der Waals surface area contributed by atoms with E-state index in [1.54, 1.807) is 0 Å². The fourth-order valence-corrected chi connectivity index (χ4v) is 8.14. The summed E-state index contributed by atoms with van der Waals surface area (Å²) in [5.74, 6) is 0. The van der Waals surface area contributed by atoms with Crippen molar-refractivity contribution >= 4 is 82.5 Å². The van der Waals surface area contributed by atoms with Crippen LogP contribution in [-0.4, -0.2) is 0 Å². The minimum Gasteiger partial charge on any atom is -0.455 e. The van der Waals surface area contributed by atoms with Gasteiger partial charge in [0.1, 0.15) is 16.7 Å². The third-order valence-corrected chi connectivity index (χ3v) is 10.7. The van der Waals surface area contributed by atoms with Gasteiger partial charge in [-0.05, 0) is 80.7 Å². The van der Waals surface area contributed by atoms with Gasteiger partial charge in [0.25, 0.3) is 0 Å². The molecule has 0 saturated heterocycles. The molecule has 0 N–H and O–H groups in total. The molecule has 3 heteroatoms. The quantitative estimate of drug-likeness (QED) is 0.170. The van der Waals surface area contributed by atoms with Gasteiger partial charge in [-0.2, -0.15) is 0 Å². The molecule has 0 fully saturated rings. The van der Waals surface area contributed by atoms with Crippen LogP contribution in [0.25, 0.3) is 87.7 Å². The summed E-state index contributed by atoms with van der Waals surface area (Å²) in [6, 6.07) is 66.7. The summed E-state index contributed by atoms with van der Waals surface area (Å²) in [7, 11) is 0. The summed E-state index contributed by atoms with van der Waals surface area (Å²) >= 11 is 0. The first-order valence-electron chi connectivity index (χ1n) is 18.0. The number of nitrogens with zero attached hydrogens (tertiary/aromatic N) is 1. The topological polar surface area (TPSA) is 29.5 Å². The lowest BCUT2D eigenvalue weighted by molar-refractivity contribution is 0.668. The first kappa shape index (κ1) is 29.6. The molecule has 0 unspecified atom stereocenters. The second kappa shape index (κ2) is 11.7. The third kappa shape index (κ3) is 4.68. The fourth-order valence-electron chi connectivity index (χ4n) is 8.14. The Labute approximate surface area is 305 Å². The highest BCUT2D eigenvalue weighted by Crippen LogP contribution is 2.49. The standard InChI is InChI=1S/C50H31NO2/c1-2-11-32(12-3-1)33-21-23-35(24-22-33)39-29-30-44(48-42-16-7-9-20-47(42)53-50(39)48)51(45-18-10-17-41-40-15-6-8-19-46(40)52-49(41)45)37-28-27-36-26-25-34-13-4-5-14-38(34)43(36)31-37/h1-31H. The van der Waals surface area contributed by atoms with Crippen molar-refractivity contribution in [3.05, 3.63) is 188 Å². The van der Waals surface area contributed by atoms with Crippen molar-refractivity contribution in [1.29, 1.82) is 0 Å². The van der Waals surface area contributed by atoms with E-state index in [0.717, 1.165) is 72.1 Å². The Hall–Kier alpha value is -7.10. The number of benzene rings is 9. The van der Waals surface area contributed by atoms with Crippen LogP contribution in [0.3, 0.4) is 0 Å². The summed E-state index contributed by atoms with van der Waals surface area (Å²) in [5.41, 5.74) is 10.9. The Balaban J connectivity index is 1.20. The minimum absolute atomic E-state index is 0.841. The maximum absolute atomic E-state index is 6.83. The molecule has 2 heterocycles. The highest BCUT2D eigenvalue weighted by atomic mass is 16.3. The zero-order chi connectivity index (χ0) is 34.9. The first-order chi connectivity index (χ1) is 26.3. The molecule has 0 spiro atoms. The first-order valence-corrected chi connectivity index (χ1v) is 18.0.